The first kappa shape index (κ1) is 11.6. The fourth-order valence-electron chi connectivity index (χ4n) is 0.895. The van der Waals surface area contributed by atoms with Crippen molar-refractivity contribution in [3.05, 3.63) is 29.6 Å². The van der Waals surface area contributed by atoms with Crippen molar-refractivity contribution in [1.82, 2.24) is 0 Å². The Kier molecular flexibility index (Phi) is 3.34. The van der Waals surface area contributed by atoms with Crippen LogP contribution in [0.5, 0.6) is 0 Å². The Balaban J connectivity index is 2.96. The summed E-state index contributed by atoms with van der Waals surface area (Å²) in [7, 11) is 0. The zero-order chi connectivity index (χ0) is 11.6. The highest BCUT2D eigenvalue weighted by Crippen LogP contribution is 2.18. The van der Waals surface area contributed by atoms with Crippen LogP contribution in [0.2, 0.25) is 0 Å². The summed E-state index contributed by atoms with van der Waals surface area (Å²) in [5, 5.41) is 2.16. The second-order valence-corrected chi connectivity index (χ2v) is 3.39. The predicted octanol–water partition coefficient (Wildman–Crippen LogP) is 2.70. The van der Waals surface area contributed by atoms with E-state index >= 15 is 0 Å². The van der Waals surface area contributed by atoms with E-state index in [1.165, 1.54) is 0 Å². The van der Waals surface area contributed by atoms with Crippen LogP contribution in [-0.4, -0.2) is 5.91 Å². The van der Waals surface area contributed by atoms with Crippen molar-refractivity contribution in [2.24, 2.45) is 5.92 Å². The molecule has 1 rings (SSSR count). The molecular weight excluding hydrogens is 207 g/mol. The molecule has 0 saturated carbocycles. The first-order valence-electron chi connectivity index (χ1n) is 4.37. The summed E-state index contributed by atoms with van der Waals surface area (Å²) >= 11 is 0. The van der Waals surface area contributed by atoms with Gasteiger partial charge in [-0.1, -0.05) is 13.8 Å². The number of carbonyl (C=O) groups excluding carboxylic acids is 1. The monoisotopic (exact) mass is 217 g/mol. The highest BCUT2D eigenvalue weighted by molar-refractivity contribution is 5.92. The van der Waals surface area contributed by atoms with Crippen molar-refractivity contribution < 1.29 is 18.0 Å². The SMILES string of the molecule is CC(C)C(=O)Nc1cc(F)c(F)cc1F. The molecule has 0 saturated heterocycles. The average Bonchev–Trinajstić information content (AvgIpc) is 2.13. The lowest BCUT2D eigenvalue weighted by atomic mass is 10.2. The Morgan fingerprint density at radius 1 is 1.13 bits per heavy atom. The molecule has 82 valence electrons. The lowest BCUT2D eigenvalue weighted by molar-refractivity contribution is -0.118. The quantitative estimate of drug-likeness (QED) is 0.758. The van der Waals surface area contributed by atoms with Gasteiger partial charge in [0, 0.05) is 18.1 Å². The maximum Gasteiger partial charge on any atom is 0.227 e. The van der Waals surface area contributed by atoms with Gasteiger partial charge in [-0.15, -0.1) is 0 Å². The van der Waals surface area contributed by atoms with Crippen LogP contribution in [0.1, 0.15) is 13.8 Å². The van der Waals surface area contributed by atoms with Crippen molar-refractivity contribution in [3.8, 4) is 0 Å². The van der Waals surface area contributed by atoms with Crippen LogP contribution in [-0.2, 0) is 4.79 Å². The normalized spacial score (nSPS) is 10.5. The summed E-state index contributed by atoms with van der Waals surface area (Å²) < 4.78 is 38.3. The van der Waals surface area contributed by atoms with Crippen LogP contribution in [0, 0.1) is 23.4 Å². The molecule has 1 amide bonds. The summed E-state index contributed by atoms with van der Waals surface area (Å²) in [6.45, 7) is 3.21. The van der Waals surface area contributed by atoms with Gasteiger partial charge in [-0.25, -0.2) is 13.2 Å². The molecule has 1 aromatic carbocycles. The number of carbonyl (C=O) groups is 1. The Morgan fingerprint density at radius 3 is 2.20 bits per heavy atom. The second-order valence-electron chi connectivity index (χ2n) is 3.39. The molecule has 0 radical (unpaired) electrons. The Hall–Kier alpha value is -1.52. The van der Waals surface area contributed by atoms with Crippen LogP contribution in [0.15, 0.2) is 12.1 Å². The first-order chi connectivity index (χ1) is 6.91. The fraction of sp³-hybridized carbons (Fsp3) is 0.300. The van der Waals surface area contributed by atoms with Crippen LogP contribution in [0.25, 0.3) is 0 Å². The molecule has 0 atom stereocenters. The molecule has 0 aliphatic carbocycles. The van der Waals surface area contributed by atoms with Crippen molar-refractivity contribution in [2.45, 2.75) is 13.8 Å². The zero-order valence-electron chi connectivity index (χ0n) is 8.27. The van der Waals surface area contributed by atoms with Gasteiger partial charge in [-0.05, 0) is 0 Å². The van der Waals surface area contributed by atoms with E-state index in [1.54, 1.807) is 13.8 Å². The van der Waals surface area contributed by atoms with Crippen molar-refractivity contribution in [3.63, 3.8) is 0 Å². The third-order valence-electron chi connectivity index (χ3n) is 1.79. The standard InChI is InChI=1S/C10H10F3NO/c1-5(2)10(15)14-9-4-7(12)6(11)3-8(9)13/h3-5H,1-2H3,(H,14,15). The van der Waals surface area contributed by atoms with E-state index in [-0.39, 0.29) is 11.6 Å². The van der Waals surface area contributed by atoms with Crippen LogP contribution >= 0.6 is 0 Å². The smallest absolute Gasteiger partial charge is 0.227 e. The van der Waals surface area contributed by atoms with Gasteiger partial charge in [0.05, 0.1) is 5.69 Å². The van der Waals surface area contributed by atoms with E-state index < -0.39 is 23.4 Å². The van der Waals surface area contributed by atoms with Crippen molar-refractivity contribution in [1.29, 1.82) is 0 Å². The number of benzene rings is 1. The number of nitrogens with one attached hydrogen (secondary N) is 1. The van der Waals surface area contributed by atoms with Gasteiger partial charge < -0.3 is 5.32 Å². The second kappa shape index (κ2) is 4.33. The molecule has 0 spiro atoms. The number of hydrogen-bond acceptors (Lipinski definition) is 1. The minimum Gasteiger partial charge on any atom is -0.323 e. The van der Waals surface area contributed by atoms with Crippen molar-refractivity contribution >= 4 is 11.6 Å². The summed E-state index contributed by atoms with van der Waals surface area (Å²) in [6.07, 6.45) is 0. The van der Waals surface area contributed by atoms with E-state index in [2.05, 4.69) is 5.32 Å². The Morgan fingerprint density at radius 2 is 1.67 bits per heavy atom. The maximum atomic E-state index is 13.0. The Labute approximate surface area is 85.1 Å². The molecule has 1 aromatic rings. The molecule has 0 heterocycles. The van der Waals surface area contributed by atoms with Crippen LogP contribution < -0.4 is 5.32 Å². The van der Waals surface area contributed by atoms with Crippen molar-refractivity contribution in [2.75, 3.05) is 5.32 Å². The van der Waals surface area contributed by atoms with Gasteiger partial charge >= 0.3 is 0 Å². The topological polar surface area (TPSA) is 29.1 Å². The maximum absolute atomic E-state index is 13.0. The number of halogens is 3. The molecule has 0 aromatic heterocycles. The van der Waals surface area contributed by atoms with E-state index in [0.717, 1.165) is 0 Å². The number of amides is 1. The molecule has 0 aliphatic heterocycles. The van der Waals surface area contributed by atoms with E-state index in [1.807, 2.05) is 0 Å². The van der Waals surface area contributed by atoms with Gasteiger partial charge in [0.1, 0.15) is 5.82 Å². The Bertz CT molecular complexity index is 390. The summed E-state index contributed by atoms with van der Waals surface area (Å²) in [4.78, 5) is 11.2. The zero-order valence-corrected chi connectivity index (χ0v) is 8.27. The predicted molar refractivity (Wildman–Crippen MR) is 49.8 cm³/mol. The van der Waals surface area contributed by atoms with Crippen LogP contribution in [0.4, 0.5) is 18.9 Å². The third-order valence-corrected chi connectivity index (χ3v) is 1.79. The minimum atomic E-state index is -1.28. The highest BCUT2D eigenvalue weighted by Gasteiger charge is 2.13. The molecule has 5 heteroatoms. The van der Waals surface area contributed by atoms with E-state index in [9.17, 15) is 18.0 Å². The number of hydrogen-bond donors (Lipinski definition) is 1. The molecule has 0 bridgehead atoms. The molecule has 1 N–H and O–H groups in total. The lowest BCUT2D eigenvalue weighted by Crippen LogP contribution is -2.18. The molecule has 0 unspecified atom stereocenters. The highest BCUT2D eigenvalue weighted by atomic mass is 19.2. The third kappa shape index (κ3) is 2.71. The van der Waals surface area contributed by atoms with Crippen LogP contribution in [0.3, 0.4) is 0 Å². The first-order valence-corrected chi connectivity index (χ1v) is 4.37. The molecule has 15 heavy (non-hydrogen) atoms. The molecule has 0 fully saturated rings. The number of rotatable bonds is 2. The van der Waals surface area contributed by atoms with Gasteiger partial charge in [0.15, 0.2) is 11.6 Å². The van der Waals surface area contributed by atoms with Gasteiger partial charge in [0.2, 0.25) is 5.91 Å². The molecular formula is C10H10F3NO. The van der Waals surface area contributed by atoms with E-state index in [0.29, 0.717) is 12.1 Å². The summed E-state index contributed by atoms with van der Waals surface area (Å²) in [5.41, 5.74) is -0.354. The summed E-state index contributed by atoms with van der Waals surface area (Å²) in [5.74, 6) is -4.30. The average molecular weight is 217 g/mol. The molecule has 2 nitrogen and oxygen atoms in total. The fourth-order valence-corrected chi connectivity index (χ4v) is 0.895. The number of anilines is 1. The van der Waals surface area contributed by atoms with Gasteiger partial charge in [-0.2, -0.15) is 0 Å². The lowest BCUT2D eigenvalue weighted by Gasteiger charge is -2.08. The molecule has 0 aliphatic rings. The minimum absolute atomic E-state index is 0.354. The summed E-state index contributed by atoms with van der Waals surface area (Å²) in [6, 6.07) is 1.01. The largest absolute Gasteiger partial charge is 0.323 e. The van der Waals surface area contributed by atoms with Gasteiger partial charge in [-0.3, -0.25) is 4.79 Å². The van der Waals surface area contributed by atoms with E-state index in [4.69, 9.17) is 0 Å². The van der Waals surface area contributed by atoms with Gasteiger partial charge in [0.25, 0.3) is 0 Å².